The summed E-state index contributed by atoms with van der Waals surface area (Å²) in [7, 11) is 0. The SMILES string of the molecule is Clc1cc(Cl)c2c(c1)C(NCCc1ncc[nH]1)CCO2. The first-order chi connectivity index (χ1) is 9.74. The van der Waals surface area contributed by atoms with E-state index in [0.717, 1.165) is 36.5 Å². The first kappa shape index (κ1) is 13.7. The molecule has 2 heterocycles. The highest BCUT2D eigenvalue weighted by atomic mass is 35.5. The standard InChI is InChI=1S/C14H15Cl2N3O/c15-9-7-10-12(2-6-20-14(10)11(16)8-9)17-3-1-13-18-4-5-19-13/h4-5,7-8,12,17H,1-3,6H2,(H,18,19). The largest absolute Gasteiger partial charge is 0.492 e. The molecule has 0 fully saturated rings. The van der Waals surface area contributed by atoms with Crippen molar-refractivity contribution in [3.05, 3.63) is 46.0 Å². The topological polar surface area (TPSA) is 49.9 Å². The Kier molecular flexibility index (Phi) is 4.15. The molecule has 6 heteroatoms. The van der Waals surface area contributed by atoms with Crippen LogP contribution < -0.4 is 10.1 Å². The van der Waals surface area contributed by atoms with Crippen molar-refractivity contribution in [1.82, 2.24) is 15.3 Å². The molecule has 3 rings (SSSR count). The number of hydrogen-bond acceptors (Lipinski definition) is 3. The molecule has 0 spiro atoms. The van der Waals surface area contributed by atoms with Crippen molar-refractivity contribution >= 4 is 23.2 Å². The summed E-state index contributed by atoms with van der Waals surface area (Å²) in [6.45, 7) is 1.49. The first-order valence-corrected chi connectivity index (χ1v) is 7.33. The van der Waals surface area contributed by atoms with E-state index in [1.165, 1.54) is 0 Å². The Morgan fingerprint density at radius 1 is 1.40 bits per heavy atom. The van der Waals surface area contributed by atoms with Gasteiger partial charge in [0.2, 0.25) is 0 Å². The highest BCUT2D eigenvalue weighted by Gasteiger charge is 2.23. The summed E-state index contributed by atoms with van der Waals surface area (Å²) in [5.74, 6) is 1.73. The van der Waals surface area contributed by atoms with Gasteiger partial charge in [-0.15, -0.1) is 0 Å². The number of halogens is 2. The van der Waals surface area contributed by atoms with Crippen LogP contribution in [0.5, 0.6) is 5.75 Å². The van der Waals surface area contributed by atoms with Crippen LogP contribution in [0.1, 0.15) is 23.9 Å². The van der Waals surface area contributed by atoms with Crippen molar-refractivity contribution < 1.29 is 4.74 Å². The minimum absolute atomic E-state index is 0.213. The molecule has 0 radical (unpaired) electrons. The van der Waals surface area contributed by atoms with Gasteiger partial charge >= 0.3 is 0 Å². The molecule has 0 bridgehead atoms. The van der Waals surface area contributed by atoms with Crippen molar-refractivity contribution in [2.24, 2.45) is 0 Å². The van der Waals surface area contributed by atoms with Gasteiger partial charge in [0.25, 0.3) is 0 Å². The average molecular weight is 312 g/mol. The summed E-state index contributed by atoms with van der Waals surface area (Å²) >= 11 is 12.3. The molecule has 1 aliphatic rings. The van der Waals surface area contributed by atoms with E-state index in [2.05, 4.69) is 15.3 Å². The molecule has 0 saturated heterocycles. The van der Waals surface area contributed by atoms with E-state index in [-0.39, 0.29) is 6.04 Å². The second-order valence-corrected chi connectivity index (χ2v) is 5.58. The van der Waals surface area contributed by atoms with Crippen LogP contribution in [0.2, 0.25) is 10.0 Å². The normalized spacial score (nSPS) is 17.6. The van der Waals surface area contributed by atoms with E-state index in [1.54, 1.807) is 12.3 Å². The van der Waals surface area contributed by atoms with Gasteiger partial charge in [0.05, 0.1) is 11.6 Å². The fraction of sp³-hybridized carbons (Fsp3) is 0.357. The van der Waals surface area contributed by atoms with Crippen LogP contribution in [-0.4, -0.2) is 23.1 Å². The average Bonchev–Trinajstić information content (AvgIpc) is 2.92. The van der Waals surface area contributed by atoms with E-state index in [4.69, 9.17) is 27.9 Å². The third-order valence-electron chi connectivity index (χ3n) is 3.37. The number of hydrogen-bond donors (Lipinski definition) is 2. The maximum Gasteiger partial charge on any atom is 0.142 e. The zero-order chi connectivity index (χ0) is 13.9. The van der Waals surface area contributed by atoms with Crippen molar-refractivity contribution in [3.63, 3.8) is 0 Å². The monoisotopic (exact) mass is 311 g/mol. The van der Waals surface area contributed by atoms with Crippen LogP contribution in [0.15, 0.2) is 24.5 Å². The van der Waals surface area contributed by atoms with Crippen molar-refractivity contribution in [2.75, 3.05) is 13.2 Å². The van der Waals surface area contributed by atoms with E-state index in [9.17, 15) is 0 Å². The zero-order valence-corrected chi connectivity index (χ0v) is 12.3. The molecular weight excluding hydrogens is 297 g/mol. The molecule has 0 aliphatic carbocycles. The summed E-state index contributed by atoms with van der Waals surface area (Å²) in [6.07, 6.45) is 5.35. The van der Waals surface area contributed by atoms with Crippen LogP contribution in [0.25, 0.3) is 0 Å². The van der Waals surface area contributed by atoms with E-state index < -0.39 is 0 Å². The summed E-state index contributed by atoms with van der Waals surface area (Å²) in [4.78, 5) is 7.30. The Bertz CT molecular complexity index is 586. The van der Waals surface area contributed by atoms with Gasteiger partial charge in [-0.25, -0.2) is 4.98 Å². The number of H-pyrrole nitrogens is 1. The Morgan fingerprint density at radius 3 is 3.10 bits per heavy atom. The van der Waals surface area contributed by atoms with Crippen LogP contribution in [0, 0.1) is 0 Å². The smallest absolute Gasteiger partial charge is 0.142 e. The second-order valence-electron chi connectivity index (χ2n) is 4.74. The predicted molar refractivity (Wildman–Crippen MR) is 79.6 cm³/mol. The van der Waals surface area contributed by atoms with Crippen LogP contribution in [0.4, 0.5) is 0 Å². The number of benzene rings is 1. The Labute approximate surface area is 127 Å². The summed E-state index contributed by atoms with van der Waals surface area (Å²) in [5, 5.41) is 4.72. The maximum absolute atomic E-state index is 6.18. The summed E-state index contributed by atoms with van der Waals surface area (Å²) in [6, 6.07) is 3.85. The molecule has 20 heavy (non-hydrogen) atoms. The molecule has 1 aromatic carbocycles. The lowest BCUT2D eigenvalue weighted by Crippen LogP contribution is -2.29. The van der Waals surface area contributed by atoms with Crippen molar-refractivity contribution in [1.29, 1.82) is 0 Å². The number of nitrogens with one attached hydrogen (secondary N) is 2. The molecule has 1 atom stereocenters. The van der Waals surface area contributed by atoms with Gasteiger partial charge in [0.15, 0.2) is 0 Å². The summed E-state index contributed by atoms with van der Waals surface area (Å²) < 4.78 is 5.64. The van der Waals surface area contributed by atoms with E-state index in [1.807, 2.05) is 12.3 Å². The van der Waals surface area contributed by atoms with Crippen LogP contribution in [-0.2, 0) is 6.42 Å². The molecule has 0 saturated carbocycles. The molecule has 1 aliphatic heterocycles. The van der Waals surface area contributed by atoms with Crippen LogP contribution in [0.3, 0.4) is 0 Å². The Morgan fingerprint density at radius 2 is 2.30 bits per heavy atom. The van der Waals surface area contributed by atoms with Crippen molar-refractivity contribution in [3.8, 4) is 5.75 Å². The van der Waals surface area contributed by atoms with Gasteiger partial charge in [-0.2, -0.15) is 0 Å². The number of nitrogens with zero attached hydrogens (tertiary/aromatic N) is 1. The minimum atomic E-state index is 0.213. The molecule has 2 N–H and O–H groups in total. The van der Waals surface area contributed by atoms with Crippen LogP contribution >= 0.6 is 23.2 Å². The van der Waals surface area contributed by atoms with Gasteiger partial charge < -0.3 is 15.0 Å². The molecule has 1 unspecified atom stereocenters. The molecule has 2 aromatic rings. The quantitative estimate of drug-likeness (QED) is 0.910. The fourth-order valence-corrected chi connectivity index (χ4v) is 3.00. The highest BCUT2D eigenvalue weighted by Crippen LogP contribution is 2.39. The second kappa shape index (κ2) is 6.04. The fourth-order valence-electron chi connectivity index (χ4n) is 2.44. The van der Waals surface area contributed by atoms with Gasteiger partial charge in [0, 0.05) is 48.4 Å². The van der Waals surface area contributed by atoms with Gasteiger partial charge in [-0.1, -0.05) is 23.2 Å². The summed E-state index contributed by atoms with van der Waals surface area (Å²) in [5.41, 5.74) is 1.04. The third-order valence-corrected chi connectivity index (χ3v) is 3.87. The van der Waals surface area contributed by atoms with Gasteiger partial charge in [-0.3, -0.25) is 0 Å². The predicted octanol–water partition coefficient (Wildman–Crippen LogP) is 3.37. The Balaban J connectivity index is 1.70. The number of ether oxygens (including phenoxy) is 1. The molecular formula is C14H15Cl2N3O. The Hall–Kier alpha value is -1.23. The van der Waals surface area contributed by atoms with E-state index in [0.29, 0.717) is 16.7 Å². The lowest BCUT2D eigenvalue weighted by Gasteiger charge is -2.27. The third kappa shape index (κ3) is 2.92. The van der Waals surface area contributed by atoms with Crippen molar-refractivity contribution in [2.45, 2.75) is 18.9 Å². The first-order valence-electron chi connectivity index (χ1n) is 6.57. The number of rotatable bonds is 4. The lowest BCUT2D eigenvalue weighted by atomic mass is 10.0. The molecule has 0 amide bonds. The highest BCUT2D eigenvalue weighted by molar-refractivity contribution is 6.35. The molecule has 4 nitrogen and oxygen atoms in total. The van der Waals surface area contributed by atoms with E-state index >= 15 is 0 Å². The maximum atomic E-state index is 6.18. The number of imidazole rings is 1. The number of aromatic amines is 1. The van der Waals surface area contributed by atoms with Gasteiger partial charge in [-0.05, 0) is 12.1 Å². The molecule has 106 valence electrons. The number of aromatic nitrogens is 2. The minimum Gasteiger partial charge on any atom is -0.492 e. The van der Waals surface area contributed by atoms with Gasteiger partial charge in [0.1, 0.15) is 11.6 Å². The zero-order valence-electron chi connectivity index (χ0n) is 10.8. The molecule has 1 aromatic heterocycles. The number of fused-ring (bicyclic) bond motifs is 1. The lowest BCUT2D eigenvalue weighted by molar-refractivity contribution is 0.253.